The lowest BCUT2D eigenvalue weighted by Gasteiger charge is -2.12. The molecule has 0 aromatic heterocycles. The van der Waals surface area contributed by atoms with E-state index in [9.17, 15) is 4.79 Å². The average molecular weight is 170 g/mol. The zero-order valence-corrected chi connectivity index (χ0v) is 7.25. The Bertz CT molecular complexity index is 194. The van der Waals surface area contributed by atoms with Crippen LogP contribution in [0.3, 0.4) is 0 Å². The predicted molar refractivity (Wildman–Crippen MR) is 44.9 cm³/mol. The van der Waals surface area contributed by atoms with Gasteiger partial charge in [0.05, 0.1) is 12.7 Å². The molecule has 3 heteroatoms. The van der Waals surface area contributed by atoms with E-state index in [1.807, 2.05) is 6.92 Å². The van der Waals surface area contributed by atoms with Crippen molar-refractivity contribution >= 4 is 5.97 Å². The van der Waals surface area contributed by atoms with E-state index >= 15 is 0 Å². The molecule has 0 radical (unpaired) electrons. The van der Waals surface area contributed by atoms with Crippen molar-refractivity contribution in [3.05, 3.63) is 12.2 Å². The lowest BCUT2D eigenvalue weighted by atomic mass is 9.92. The van der Waals surface area contributed by atoms with Crippen molar-refractivity contribution in [3.8, 4) is 0 Å². The zero-order chi connectivity index (χ0) is 9.14. The van der Waals surface area contributed by atoms with Crippen LogP contribution in [-0.2, 0) is 9.53 Å². The molecular formula is C9H14O3. The van der Waals surface area contributed by atoms with Crippen molar-refractivity contribution < 1.29 is 14.6 Å². The summed E-state index contributed by atoms with van der Waals surface area (Å²) in [6.07, 6.45) is 1.95. The Balaban J connectivity index is 2.51. The van der Waals surface area contributed by atoms with E-state index in [2.05, 4.69) is 6.58 Å². The first kappa shape index (κ1) is 9.26. The fourth-order valence-corrected chi connectivity index (χ4v) is 1.34. The molecule has 0 aromatic carbocycles. The van der Waals surface area contributed by atoms with Crippen molar-refractivity contribution in [1.82, 2.24) is 0 Å². The van der Waals surface area contributed by atoms with E-state index in [0.717, 1.165) is 12.8 Å². The van der Waals surface area contributed by atoms with Crippen LogP contribution in [0.5, 0.6) is 0 Å². The van der Waals surface area contributed by atoms with Gasteiger partial charge < -0.3 is 9.84 Å². The first-order valence-electron chi connectivity index (χ1n) is 4.20. The van der Waals surface area contributed by atoms with Gasteiger partial charge in [-0.1, -0.05) is 19.9 Å². The fourth-order valence-electron chi connectivity index (χ4n) is 1.34. The van der Waals surface area contributed by atoms with Gasteiger partial charge in [-0.3, -0.25) is 0 Å². The highest BCUT2D eigenvalue weighted by molar-refractivity contribution is 5.86. The Kier molecular flexibility index (Phi) is 2.87. The van der Waals surface area contributed by atoms with Gasteiger partial charge in [0.2, 0.25) is 0 Å². The van der Waals surface area contributed by atoms with Gasteiger partial charge >= 0.3 is 5.97 Å². The SMILES string of the molecule is C=C(C(=O)O)C(CCC)C1CO1. The highest BCUT2D eigenvalue weighted by atomic mass is 16.6. The van der Waals surface area contributed by atoms with Crippen molar-refractivity contribution in [2.45, 2.75) is 25.9 Å². The lowest BCUT2D eigenvalue weighted by molar-refractivity contribution is -0.133. The number of carboxylic acids is 1. The van der Waals surface area contributed by atoms with Gasteiger partial charge in [-0.15, -0.1) is 0 Å². The van der Waals surface area contributed by atoms with E-state index in [-0.39, 0.29) is 12.0 Å². The maximum atomic E-state index is 10.6. The Morgan fingerprint density at radius 2 is 2.42 bits per heavy atom. The summed E-state index contributed by atoms with van der Waals surface area (Å²) in [5.41, 5.74) is 0.291. The highest BCUT2D eigenvalue weighted by Crippen LogP contribution is 2.29. The van der Waals surface area contributed by atoms with E-state index in [1.165, 1.54) is 0 Å². The van der Waals surface area contributed by atoms with E-state index < -0.39 is 5.97 Å². The van der Waals surface area contributed by atoms with Gasteiger partial charge in [0, 0.05) is 11.5 Å². The maximum absolute atomic E-state index is 10.6. The zero-order valence-electron chi connectivity index (χ0n) is 7.25. The molecule has 68 valence electrons. The molecule has 2 unspecified atom stereocenters. The normalized spacial score (nSPS) is 23.2. The summed E-state index contributed by atoms with van der Waals surface area (Å²) in [7, 11) is 0. The van der Waals surface area contributed by atoms with Crippen molar-refractivity contribution in [1.29, 1.82) is 0 Å². The Morgan fingerprint density at radius 3 is 2.75 bits per heavy atom. The lowest BCUT2D eigenvalue weighted by Crippen LogP contribution is -2.16. The number of epoxide rings is 1. The number of carboxylic acid groups (broad SMARTS) is 1. The molecular weight excluding hydrogens is 156 g/mol. The van der Waals surface area contributed by atoms with Crippen LogP contribution in [0.2, 0.25) is 0 Å². The fraction of sp³-hybridized carbons (Fsp3) is 0.667. The highest BCUT2D eigenvalue weighted by Gasteiger charge is 2.35. The third-order valence-electron chi connectivity index (χ3n) is 2.13. The molecule has 1 rings (SSSR count). The molecule has 1 N–H and O–H groups in total. The summed E-state index contributed by atoms with van der Waals surface area (Å²) in [6, 6.07) is 0. The first-order valence-corrected chi connectivity index (χ1v) is 4.20. The van der Waals surface area contributed by atoms with Crippen LogP contribution >= 0.6 is 0 Å². The molecule has 0 amide bonds. The Labute approximate surface area is 72.0 Å². The average Bonchev–Trinajstić information content (AvgIpc) is 2.81. The monoisotopic (exact) mass is 170 g/mol. The van der Waals surface area contributed by atoms with Gasteiger partial charge in [-0.25, -0.2) is 4.79 Å². The van der Waals surface area contributed by atoms with Crippen LogP contribution < -0.4 is 0 Å². The molecule has 2 atom stereocenters. The number of carbonyl (C=O) groups is 1. The van der Waals surface area contributed by atoms with Gasteiger partial charge in [0.1, 0.15) is 0 Å². The topological polar surface area (TPSA) is 49.8 Å². The van der Waals surface area contributed by atoms with Crippen molar-refractivity contribution in [3.63, 3.8) is 0 Å². The summed E-state index contributed by atoms with van der Waals surface area (Å²) < 4.78 is 5.07. The summed E-state index contributed by atoms with van der Waals surface area (Å²) in [5, 5.41) is 8.70. The number of hydrogen-bond acceptors (Lipinski definition) is 2. The molecule has 0 bridgehead atoms. The summed E-state index contributed by atoms with van der Waals surface area (Å²) in [6.45, 7) is 6.28. The number of hydrogen-bond donors (Lipinski definition) is 1. The van der Waals surface area contributed by atoms with Gasteiger partial charge in [-0.05, 0) is 6.42 Å². The third kappa shape index (κ3) is 2.08. The minimum absolute atomic E-state index is 0.0208. The smallest absolute Gasteiger partial charge is 0.331 e. The number of rotatable bonds is 5. The van der Waals surface area contributed by atoms with Gasteiger partial charge in [0.15, 0.2) is 0 Å². The summed E-state index contributed by atoms with van der Waals surface area (Å²) >= 11 is 0. The van der Waals surface area contributed by atoms with Gasteiger partial charge in [-0.2, -0.15) is 0 Å². The largest absolute Gasteiger partial charge is 0.478 e. The van der Waals surface area contributed by atoms with Crippen LogP contribution in [0.25, 0.3) is 0 Å². The molecule has 1 fully saturated rings. The number of ether oxygens (including phenoxy) is 1. The quantitative estimate of drug-likeness (QED) is 0.501. The minimum Gasteiger partial charge on any atom is -0.478 e. The Morgan fingerprint density at radius 1 is 1.83 bits per heavy atom. The second-order valence-electron chi connectivity index (χ2n) is 3.10. The summed E-state index contributed by atoms with van der Waals surface area (Å²) in [4.78, 5) is 10.6. The van der Waals surface area contributed by atoms with Crippen LogP contribution in [0.4, 0.5) is 0 Å². The molecule has 1 saturated heterocycles. The second kappa shape index (κ2) is 3.72. The standard InChI is InChI=1S/C9H14O3/c1-3-4-7(8-5-12-8)6(2)9(10)11/h7-8H,2-5H2,1H3,(H,10,11). The van der Waals surface area contributed by atoms with E-state index in [4.69, 9.17) is 9.84 Å². The molecule has 0 aliphatic carbocycles. The van der Waals surface area contributed by atoms with Crippen molar-refractivity contribution in [2.24, 2.45) is 5.92 Å². The Hall–Kier alpha value is -0.830. The summed E-state index contributed by atoms with van der Waals surface area (Å²) in [5.74, 6) is -0.878. The molecule has 12 heavy (non-hydrogen) atoms. The van der Waals surface area contributed by atoms with Crippen LogP contribution in [0.15, 0.2) is 12.2 Å². The molecule has 3 nitrogen and oxygen atoms in total. The van der Waals surface area contributed by atoms with Gasteiger partial charge in [0.25, 0.3) is 0 Å². The van der Waals surface area contributed by atoms with Crippen LogP contribution in [0, 0.1) is 5.92 Å². The molecule has 1 aliphatic heterocycles. The van der Waals surface area contributed by atoms with Crippen LogP contribution in [-0.4, -0.2) is 23.8 Å². The molecule has 0 saturated carbocycles. The third-order valence-corrected chi connectivity index (χ3v) is 2.13. The minimum atomic E-state index is -0.899. The second-order valence-corrected chi connectivity index (χ2v) is 3.10. The predicted octanol–water partition coefficient (Wildman–Crippen LogP) is 1.44. The molecule has 0 aromatic rings. The van der Waals surface area contributed by atoms with E-state index in [0.29, 0.717) is 12.2 Å². The molecule has 0 spiro atoms. The first-order chi connectivity index (χ1) is 5.66. The number of aliphatic carboxylic acids is 1. The molecule has 1 aliphatic rings. The van der Waals surface area contributed by atoms with Crippen LogP contribution in [0.1, 0.15) is 19.8 Å². The maximum Gasteiger partial charge on any atom is 0.331 e. The van der Waals surface area contributed by atoms with Crippen molar-refractivity contribution in [2.75, 3.05) is 6.61 Å². The van der Waals surface area contributed by atoms with E-state index in [1.54, 1.807) is 0 Å². The molecule has 1 heterocycles.